The molecule has 0 saturated carbocycles. The number of nitrogens with one attached hydrogen (secondary N) is 1. The number of hydrogen-bond acceptors (Lipinski definition) is 8. The first-order chi connectivity index (χ1) is 15.6. The smallest absolute Gasteiger partial charge is 0.236 e. The van der Waals surface area contributed by atoms with Crippen LogP contribution in [0.5, 0.6) is 11.5 Å². The first-order valence-corrected chi connectivity index (χ1v) is 11.3. The topological polar surface area (TPSA) is 97.1 Å². The van der Waals surface area contributed by atoms with Gasteiger partial charge in [-0.15, -0.1) is 0 Å². The molecule has 32 heavy (non-hydrogen) atoms. The van der Waals surface area contributed by atoms with E-state index in [1.165, 1.54) is 23.1 Å². The van der Waals surface area contributed by atoms with Gasteiger partial charge in [0.2, 0.25) is 5.91 Å². The number of hydrogen-bond donors (Lipinski definition) is 1. The van der Waals surface area contributed by atoms with Crippen LogP contribution in [0.1, 0.15) is 5.56 Å². The Bertz CT molecular complexity index is 1300. The first-order valence-electron chi connectivity index (χ1n) is 9.53. The summed E-state index contributed by atoms with van der Waals surface area (Å²) in [6.07, 6.45) is 0. The SMILES string of the molecule is COc1ccc(-c2ccc(C#N)c(SCC(=O)Nc3nc4ccccc4s3)n2)cc1OC. The van der Waals surface area contributed by atoms with Gasteiger partial charge in [-0.1, -0.05) is 35.2 Å². The molecule has 9 heteroatoms. The number of carbonyl (C=O) groups is 1. The molecule has 2 aromatic heterocycles. The van der Waals surface area contributed by atoms with Crippen molar-refractivity contribution in [2.24, 2.45) is 0 Å². The lowest BCUT2D eigenvalue weighted by Gasteiger charge is -2.10. The molecule has 0 saturated heterocycles. The Balaban J connectivity index is 1.50. The number of benzene rings is 2. The van der Waals surface area contributed by atoms with Crippen LogP contribution in [0.15, 0.2) is 59.6 Å². The van der Waals surface area contributed by atoms with Gasteiger partial charge in [0.05, 0.1) is 41.4 Å². The zero-order valence-corrected chi connectivity index (χ0v) is 18.9. The maximum absolute atomic E-state index is 12.5. The van der Waals surface area contributed by atoms with Gasteiger partial charge in [-0.05, 0) is 42.5 Å². The molecular formula is C23H18N4O3S2. The van der Waals surface area contributed by atoms with E-state index in [0.717, 1.165) is 15.8 Å². The Labute approximate surface area is 193 Å². The van der Waals surface area contributed by atoms with E-state index in [1.54, 1.807) is 32.4 Å². The number of para-hydroxylation sites is 1. The summed E-state index contributed by atoms with van der Waals surface area (Å²) in [7, 11) is 3.14. The molecule has 0 bridgehead atoms. The second-order valence-electron chi connectivity index (χ2n) is 6.55. The third kappa shape index (κ3) is 4.66. The van der Waals surface area contributed by atoms with Gasteiger partial charge in [-0.3, -0.25) is 4.79 Å². The predicted molar refractivity (Wildman–Crippen MR) is 126 cm³/mol. The number of ether oxygens (including phenoxy) is 2. The summed E-state index contributed by atoms with van der Waals surface area (Å²) in [4.78, 5) is 21.5. The van der Waals surface area contributed by atoms with Crippen LogP contribution in [0.3, 0.4) is 0 Å². The molecule has 2 heterocycles. The van der Waals surface area contributed by atoms with Crippen LogP contribution in [0.2, 0.25) is 0 Å². The minimum atomic E-state index is -0.212. The number of fused-ring (bicyclic) bond motifs is 1. The van der Waals surface area contributed by atoms with Crippen LogP contribution in [-0.4, -0.2) is 35.8 Å². The molecule has 2 aromatic carbocycles. The van der Waals surface area contributed by atoms with E-state index in [1.807, 2.05) is 36.4 Å². The average Bonchev–Trinajstić information content (AvgIpc) is 3.24. The third-order valence-corrected chi connectivity index (χ3v) is 6.48. The first kappa shape index (κ1) is 21.6. The van der Waals surface area contributed by atoms with E-state index in [-0.39, 0.29) is 11.7 Å². The van der Waals surface area contributed by atoms with Gasteiger partial charge in [-0.2, -0.15) is 5.26 Å². The maximum atomic E-state index is 12.5. The number of amides is 1. The number of rotatable bonds is 7. The molecule has 0 radical (unpaired) electrons. The number of aromatic nitrogens is 2. The van der Waals surface area contributed by atoms with Gasteiger partial charge in [0.25, 0.3) is 0 Å². The summed E-state index contributed by atoms with van der Waals surface area (Å²) in [5.74, 6) is 1.09. The van der Waals surface area contributed by atoms with Gasteiger partial charge in [0.15, 0.2) is 16.6 Å². The van der Waals surface area contributed by atoms with Gasteiger partial charge in [-0.25, -0.2) is 9.97 Å². The number of anilines is 1. The number of nitriles is 1. The van der Waals surface area contributed by atoms with Gasteiger partial charge >= 0.3 is 0 Å². The van der Waals surface area contributed by atoms with Crippen molar-refractivity contribution in [2.45, 2.75) is 5.03 Å². The summed E-state index contributed by atoms with van der Waals surface area (Å²) in [6.45, 7) is 0. The third-order valence-electron chi connectivity index (χ3n) is 4.54. The zero-order valence-electron chi connectivity index (χ0n) is 17.3. The monoisotopic (exact) mass is 462 g/mol. The molecule has 0 aliphatic heterocycles. The molecule has 0 spiro atoms. The van der Waals surface area contributed by atoms with E-state index < -0.39 is 0 Å². The average molecular weight is 463 g/mol. The van der Waals surface area contributed by atoms with Crippen LogP contribution >= 0.6 is 23.1 Å². The fraction of sp³-hybridized carbons (Fsp3) is 0.130. The molecule has 4 rings (SSSR count). The second-order valence-corrected chi connectivity index (χ2v) is 8.55. The molecule has 1 amide bonds. The fourth-order valence-electron chi connectivity index (χ4n) is 3.01. The Morgan fingerprint density at radius 3 is 2.66 bits per heavy atom. The summed E-state index contributed by atoms with van der Waals surface area (Å²) in [6, 6.07) is 18.8. The zero-order chi connectivity index (χ0) is 22.5. The highest BCUT2D eigenvalue weighted by Crippen LogP contribution is 2.33. The van der Waals surface area contributed by atoms with Crippen molar-refractivity contribution in [2.75, 3.05) is 25.3 Å². The Hall–Kier alpha value is -3.61. The van der Waals surface area contributed by atoms with Crippen LogP contribution in [0.25, 0.3) is 21.5 Å². The molecular weight excluding hydrogens is 444 g/mol. The lowest BCUT2D eigenvalue weighted by Crippen LogP contribution is -2.14. The molecule has 1 N–H and O–H groups in total. The number of pyridine rings is 1. The summed E-state index contributed by atoms with van der Waals surface area (Å²) in [5.41, 5.74) is 2.73. The number of thioether (sulfide) groups is 1. The van der Waals surface area contributed by atoms with E-state index in [2.05, 4.69) is 21.4 Å². The van der Waals surface area contributed by atoms with Gasteiger partial charge in [0.1, 0.15) is 11.1 Å². The quantitative estimate of drug-likeness (QED) is 0.387. The highest BCUT2D eigenvalue weighted by Gasteiger charge is 2.14. The fourth-order valence-corrected chi connectivity index (χ4v) is 4.66. The highest BCUT2D eigenvalue weighted by atomic mass is 32.2. The molecule has 0 fully saturated rings. The maximum Gasteiger partial charge on any atom is 0.236 e. The van der Waals surface area contributed by atoms with Crippen LogP contribution in [0.4, 0.5) is 5.13 Å². The van der Waals surface area contributed by atoms with E-state index in [0.29, 0.717) is 32.9 Å². The van der Waals surface area contributed by atoms with Crippen LogP contribution in [-0.2, 0) is 4.79 Å². The van der Waals surface area contributed by atoms with Crippen LogP contribution < -0.4 is 14.8 Å². The molecule has 160 valence electrons. The normalized spacial score (nSPS) is 10.5. The Morgan fingerprint density at radius 2 is 1.91 bits per heavy atom. The Kier molecular flexibility index (Phi) is 6.54. The molecule has 4 aromatic rings. The number of thiazole rings is 1. The largest absolute Gasteiger partial charge is 0.493 e. The molecule has 0 unspecified atom stereocenters. The van der Waals surface area contributed by atoms with E-state index in [4.69, 9.17) is 9.47 Å². The van der Waals surface area contributed by atoms with E-state index in [9.17, 15) is 10.1 Å². The number of methoxy groups -OCH3 is 2. The minimum absolute atomic E-state index is 0.104. The standard InChI is InChI=1S/C23H18N4O3S2/c1-29-18-10-8-14(11-19(18)30-2)16-9-7-15(12-24)22(25-16)31-13-21(28)27-23-26-17-5-3-4-6-20(17)32-23/h3-11H,13H2,1-2H3,(H,26,27,28). The molecule has 7 nitrogen and oxygen atoms in total. The number of carbonyl (C=O) groups excluding carboxylic acids is 1. The van der Waals surface area contributed by atoms with Gasteiger partial charge in [0, 0.05) is 5.56 Å². The van der Waals surface area contributed by atoms with Crippen LogP contribution in [0, 0.1) is 11.3 Å². The summed E-state index contributed by atoms with van der Waals surface area (Å²) in [5, 5.41) is 13.3. The van der Waals surface area contributed by atoms with Crippen molar-refractivity contribution in [1.82, 2.24) is 9.97 Å². The molecule has 0 aliphatic rings. The second kappa shape index (κ2) is 9.68. The minimum Gasteiger partial charge on any atom is -0.493 e. The van der Waals surface area contributed by atoms with Crippen molar-refractivity contribution in [3.05, 3.63) is 60.2 Å². The van der Waals surface area contributed by atoms with Crippen molar-refractivity contribution in [3.8, 4) is 28.8 Å². The molecule has 0 atom stereocenters. The predicted octanol–water partition coefficient (Wildman–Crippen LogP) is 4.98. The lowest BCUT2D eigenvalue weighted by atomic mass is 10.1. The van der Waals surface area contributed by atoms with Gasteiger partial charge < -0.3 is 14.8 Å². The lowest BCUT2D eigenvalue weighted by molar-refractivity contribution is -0.113. The summed E-state index contributed by atoms with van der Waals surface area (Å²) < 4.78 is 11.6. The van der Waals surface area contributed by atoms with E-state index >= 15 is 0 Å². The Morgan fingerprint density at radius 1 is 1.09 bits per heavy atom. The highest BCUT2D eigenvalue weighted by molar-refractivity contribution is 8.00. The molecule has 0 aliphatic carbocycles. The van der Waals surface area contributed by atoms with Crippen molar-refractivity contribution < 1.29 is 14.3 Å². The van der Waals surface area contributed by atoms with Crippen molar-refractivity contribution in [3.63, 3.8) is 0 Å². The van der Waals surface area contributed by atoms with Crippen molar-refractivity contribution in [1.29, 1.82) is 5.26 Å². The summed E-state index contributed by atoms with van der Waals surface area (Å²) >= 11 is 2.63. The number of nitrogens with zero attached hydrogens (tertiary/aromatic N) is 3. The van der Waals surface area contributed by atoms with Crippen molar-refractivity contribution >= 4 is 44.4 Å².